The van der Waals surface area contributed by atoms with E-state index in [1.165, 1.54) is 0 Å². The van der Waals surface area contributed by atoms with E-state index in [9.17, 15) is 0 Å². The molecule has 0 amide bonds. The predicted octanol–water partition coefficient (Wildman–Crippen LogP) is 1.00. The Bertz CT molecular complexity index is 79.7. The normalized spacial score (nSPS) is 8.50. The van der Waals surface area contributed by atoms with Gasteiger partial charge in [-0.25, -0.2) is 4.79 Å². The van der Waals surface area contributed by atoms with E-state index >= 15 is 0 Å². The summed E-state index contributed by atoms with van der Waals surface area (Å²) in [5.74, 6) is 0. The Kier molecular flexibility index (Phi) is 10.7. The van der Waals surface area contributed by atoms with Crippen LogP contribution < -0.4 is 0 Å². The van der Waals surface area contributed by atoms with Gasteiger partial charge < -0.3 is 15.3 Å². The number of hydrogen-bond donors (Lipinski definition) is 3. The highest BCUT2D eigenvalue weighted by atomic mass is 35.5. The van der Waals surface area contributed by atoms with E-state index in [2.05, 4.69) is 11.6 Å². The lowest BCUT2D eigenvalue weighted by Crippen LogP contribution is -2.01. The third-order valence-electron chi connectivity index (χ3n) is 0.547. The van der Waals surface area contributed by atoms with Gasteiger partial charge in [-0.05, 0) is 6.42 Å². The molecule has 4 nitrogen and oxygen atoms in total. The highest BCUT2D eigenvalue weighted by Crippen LogP contribution is 1.88. The molecular weight excluding hydrogens is 160 g/mol. The third kappa shape index (κ3) is 47.7. The molecule has 10 heavy (non-hydrogen) atoms. The fourth-order valence-corrected chi connectivity index (χ4v) is 0.258. The molecule has 5 heteroatoms. The Morgan fingerprint density at radius 1 is 1.60 bits per heavy atom. The first-order valence-corrected chi connectivity index (χ1v) is 3.13. The Hall–Kier alpha value is -0.320. The summed E-state index contributed by atoms with van der Waals surface area (Å²) in [5.41, 5.74) is -1.36. The summed E-state index contributed by atoms with van der Waals surface area (Å²) in [6.07, 6.45) is 0.215. The maximum absolute atomic E-state index is 8.77. The van der Waals surface area contributed by atoms with Crippen LogP contribution in [0.1, 0.15) is 19.8 Å². The molecule has 0 aliphatic carbocycles. The Balaban J connectivity index is 0. The van der Waals surface area contributed by atoms with Crippen LogP contribution in [0.3, 0.4) is 0 Å². The molecule has 62 valence electrons. The van der Waals surface area contributed by atoms with Crippen LogP contribution in [0.2, 0.25) is 0 Å². The van der Waals surface area contributed by atoms with Crippen LogP contribution in [0.15, 0.2) is 0 Å². The van der Waals surface area contributed by atoms with Crippen LogP contribution in [0.5, 0.6) is 0 Å². The Morgan fingerprint density at radius 3 is 1.90 bits per heavy atom. The number of hydrogen-bond acceptors (Lipinski definition) is 3. The number of carbonyl (C=O) groups is 1. The first kappa shape index (κ1) is 12.4. The van der Waals surface area contributed by atoms with Gasteiger partial charge in [-0.1, -0.05) is 13.3 Å². The molecule has 0 aromatic carbocycles. The van der Waals surface area contributed by atoms with Crippen LogP contribution in [-0.2, 0) is 0 Å². The summed E-state index contributed by atoms with van der Waals surface area (Å²) in [7, 11) is 0. The molecule has 0 aliphatic heterocycles. The van der Waals surface area contributed by atoms with E-state index in [0.717, 1.165) is 6.42 Å². The molecule has 0 aromatic heterocycles. The van der Waals surface area contributed by atoms with Crippen molar-refractivity contribution >= 4 is 17.0 Å². The van der Waals surface area contributed by atoms with E-state index in [1.54, 1.807) is 0 Å². The van der Waals surface area contributed by atoms with E-state index in [-0.39, 0.29) is 0 Å². The maximum Gasteiger partial charge on any atom is 0.401 e. The summed E-state index contributed by atoms with van der Waals surface area (Å²) >= 11 is 4.19. The zero-order valence-electron chi connectivity index (χ0n) is 5.62. The molecule has 0 unspecified atom stereocenters. The molecule has 0 spiro atoms. The topological polar surface area (TPSA) is 77.8 Å². The van der Waals surface area contributed by atoms with Gasteiger partial charge in [0.05, 0.1) is 0 Å². The minimum atomic E-state index is -1.36. The lowest BCUT2D eigenvalue weighted by Gasteiger charge is -1.94. The molecule has 0 saturated carbocycles. The molecule has 0 heterocycles. The molecule has 0 aromatic rings. The van der Waals surface area contributed by atoms with Gasteiger partial charge in [-0.3, -0.25) is 0 Å². The average molecular weight is 171 g/mol. The van der Waals surface area contributed by atoms with Gasteiger partial charge in [0, 0.05) is 11.6 Å². The summed E-state index contributed by atoms with van der Waals surface area (Å²) in [6.45, 7) is 1.90. The van der Waals surface area contributed by atoms with Crippen molar-refractivity contribution in [2.24, 2.45) is 0 Å². The number of carboxylic acid groups (broad SMARTS) is 1. The summed E-state index contributed by atoms with van der Waals surface area (Å²) < 4.78 is 0. The first-order valence-electron chi connectivity index (χ1n) is 2.75. The van der Waals surface area contributed by atoms with Gasteiger partial charge in [0.1, 0.15) is 0 Å². The fourth-order valence-electron chi connectivity index (χ4n) is 0.258. The smallest absolute Gasteiger partial charge is 0.401 e. The van der Waals surface area contributed by atoms with E-state index in [4.69, 9.17) is 20.1 Å². The highest BCUT2D eigenvalue weighted by molar-refractivity contribution is 6.60. The largest absolute Gasteiger partial charge is 0.469 e. The van der Waals surface area contributed by atoms with Crippen molar-refractivity contribution in [2.75, 3.05) is 0 Å². The SMILES string of the molecule is CCCC(O)O.O=C(O)Cl. The third-order valence-corrected chi connectivity index (χ3v) is 0.547. The molecule has 0 bridgehead atoms. The molecule has 0 fully saturated rings. The zero-order valence-corrected chi connectivity index (χ0v) is 6.38. The van der Waals surface area contributed by atoms with Crippen molar-refractivity contribution in [1.29, 1.82) is 0 Å². The molecule has 0 rings (SSSR count). The predicted molar refractivity (Wildman–Crippen MR) is 37.0 cm³/mol. The van der Waals surface area contributed by atoms with Crippen molar-refractivity contribution in [3.8, 4) is 0 Å². The zero-order chi connectivity index (χ0) is 8.57. The van der Waals surface area contributed by atoms with E-state index < -0.39 is 11.7 Å². The summed E-state index contributed by atoms with van der Waals surface area (Å²) in [6, 6.07) is 0. The van der Waals surface area contributed by atoms with Crippen LogP contribution in [0, 0.1) is 0 Å². The maximum atomic E-state index is 8.77. The minimum Gasteiger partial charge on any atom is -0.469 e. The summed E-state index contributed by atoms with van der Waals surface area (Å²) in [5, 5.41) is 23.4. The number of aliphatic hydroxyl groups excluding tert-OH is 1. The average Bonchev–Trinajstić information content (AvgIpc) is 1.62. The molecular formula is C5H11ClO4. The van der Waals surface area contributed by atoms with Gasteiger partial charge in [0.2, 0.25) is 0 Å². The second-order valence-corrected chi connectivity index (χ2v) is 1.85. The van der Waals surface area contributed by atoms with Crippen molar-refractivity contribution in [3.63, 3.8) is 0 Å². The quantitative estimate of drug-likeness (QED) is 0.427. The van der Waals surface area contributed by atoms with Crippen molar-refractivity contribution < 1.29 is 20.1 Å². The summed E-state index contributed by atoms with van der Waals surface area (Å²) in [4.78, 5) is 8.77. The molecule has 0 saturated heterocycles. The number of rotatable bonds is 2. The van der Waals surface area contributed by atoms with Gasteiger partial charge >= 0.3 is 5.43 Å². The monoisotopic (exact) mass is 170 g/mol. The second kappa shape index (κ2) is 8.68. The fraction of sp³-hybridized carbons (Fsp3) is 0.800. The lowest BCUT2D eigenvalue weighted by molar-refractivity contribution is -0.0453. The lowest BCUT2D eigenvalue weighted by atomic mass is 10.3. The standard InChI is InChI=1S/C4H10O2.CHClO2/c1-2-3-4(5)6;2-1(3)4/h4-6H,2-3H2,1H3;(H,3,4). The molecule has 3 N–H and O–H groups in total. The minimum absolute atomic E-state index is 0.486. The Labute approximate surface area is 64.1 Å². The van der Waals surface area contributed by atoms with Gasteiger partial charge in [0.15, 0.2) is 6.29 Å². The highest BCUT2D eigenvalue weighted by Gasteiger charge is 1.89. The Morgan fingerprint density at radius 2 is 1.90 bits per heavy atom. The van der Waals surface area contributed by atoms with Crippen LogP contribution in [-0.4, -0.2) is 27.0 Å². The van der Waals surface area contributed by atoms with Crippen LogP contribution >= 0.6 is 11.6 Å². The van der Waals surface area contributed by atoms with E-state index in [1.807, 2.05) is 6.92 Å². The first-order chi connectivity index (χ1) is 4.50. The molecule has 0 atom stereocenters. The van der Waals surface area contributed by atoms with E-state index in [0.29, 0.717) is 6.42 Å². The molecule has 0 radical (unpaired) electrons. The number of halogens is 1. The van der Waals surface area contributed by atoms with Crippen molar-refractivity contribution in [2.45, 2.75) is 26.1 Å². The van der Waals surface area contributed by atoms with Crippen LogP contribution in [0.25, 0.3) is 0 Å². The van der Waals surface area contributed by atoms with Gasteiger partial charge in [0.25, 0.3) is 0 Å². The number of aliphatic hydroxyl groups is 2. The van der Waals surface area contributed by atoms with Crippen LogP contribution in [0.4, 0.5) is 4.79 Å². The molecule has 0 aliphatic rings. The van der Waals surface area contributed by atoms with Gasteiger partial charge in [-0.2, -0.15) is 0 Å². The van der Waals surface area contributed by atoms with Gasteiger partial charge in [-0.15, -0.1) is 0 Å². The van der Waals surface area contributed by atoms with Crippen molar-refractivity contribution in [1.82, 2.24) is 0 Å². The second-order valence-electron chi connectivity index (χ2n) is 1.52. The van der Waals surface area contributed by atoms with Crippen molar-refractivity contribution in [3.05, 3.63) is 0 Å².